The van der Waals surface area contributed by atoms with Crippen molar-refractivity contribution in [1.29, 1.82) is 0 Å². The van der Waals surface area contributed by atoms with E-state index in [9.17, 15) is 9.59 Å². The van der Waals surface area contributed by atoms with Gasteiger partial charge in [0.15, 0.2) is 0 Å². The van der Waals surface area contributed by atoms with Crippen LogP contribution in [0.25, 0.3) is 0 Å². The maximum atomic E-state index is 12.2. The molecule has 0 aromatic carbocycles. The van der Waals surface area contributed by atoms with Crippen LogP contribution >= 0.6 is 0 Å². The summed E-state index contributed by atoms with van der Waals surface area (Å²) in [6.45, 7) is 1.56. The Hall–Kier alpha value is -1.30. The number of hydrogen-bond donors (Lipinski definition) is 2. The Balaban J connectivity index is 1.91. The Morgan fingerprint density at radius 3 is 2.44 bits per heavy atom. The third-order valence-electron chi connectivity index (χ3n) is 3.59. The van der Waals surface area contributed by atoms with Gasteiger partial charge < -0.3 is 20.0 Å². The van der Waals surface area contributed by atoms with E-state index in [1.54, 1.807) is 4.90 Å². The lowest BCUT2D eigenvalue weighted by molar-refractivity contribution is -0.137. The summed E-state index contributed by atoms with van der Waals surface area (Å²) in [5.74, 6) is -0.354. The quantitative estimate of drug-likeness (QED) is 0.737. The Morgan fingerprint density at radius 2 is 1.94 bits per heavy atom. The van der Waals surface area contributed by atoms with Crippen molar-refractivity contribution in [2.24, 2.45) is 11.8 Å². The molecule has 0 spiro atoms. The van der Waals surface area contributed by atoms with Gasteiger partial charge in [0.1, 0.15) is 6.54 Å². The summed E-state index contributed by atoms with van der Waals surface area (Å²) in [5.41, 5.74) is 0. The fraction of sp³-hybridized carbons (Fsp3) is 0.833. The highest BCUT2D eigenvalue weighted by molar-refractivity contribution is 5.80. The zero-order valence-corrected chi connectivity index (χ0v) is 10.4. The third-order valence-corrected chi connectivity index (χ3v) is 3.59. The van der Waals surface area contributed by atoms with E-state index >= 15 is 0 Å². The predicted octanol–water partition coefficient (Wildman–Crippen LogP) is 0.217. The molecule has 2 N–H and O–H groups in total. The summed E-state index contributed by atoms with van der Waals surface area (Å²) in [6, 6.07) is -0.194. The minimum absolute atomic E-state index is 0.0886. The Labute approximate surface area is 106 Å². The molecule has 1 saturated carbocycles. The van der Waals surface area contributed by atoms with Crippen molar-refractivity contribution in [3.63, 3.8) is 0 Å². The van der Waals surface area contributed by atoms with Gasteiger partial charge >= 0.3 is 12.0 Å². The monoisotopic (exact) mass is 256 g/mol. The smallest absolute Gasteiger partial charge is 0.323 e. The lowest BCUT2D eigenvalue weighted by Crippen LogP contribution is -2.45. The van der Waals surface area contributed by atoms with E-state index < -0.39 is 5.97 Å². The number of aliphatic carboxylic acids is 1. The summed E-state index contributed by atoms with van der Waals surface area (Å²) >= 11 is 0. The van der Waals surface area contributed by atoms with Crippen molar-refractivity contribution in [3.8, 4) is 0 Å². The molecule has 0 aromatic heterocycles. The zero-order chi connectivity index (χ0) is 13.1. The highest BCUT2D eigenvalue weighted by atomic mass is 16.4. The second-order valence-corrected chi connectivity index (χ2v) is 5.28. The minimum Gasteiger partial charge on any atom is -0.480 e. The van der Waals surface area contributed by atoms with Crippen LogP contribution in [-0.4, -0.2) is 64.8 Å². The minimum atomic E-state index is -0.970. The number of amides is 2. The van der Waals surface area contributed by atoms with Crippen LogP contribution in [0.2, 0.25) is 0 Å². The van der Waals surface area contributed by atoms with Crippen LogP contribution in [0.4, 0.5) is 4.79 Å². The first-order valence-electron chi connectivity index (χ1n) is 6.46. The van der Waals surface area contributed by atoms with E-state index in [0.717, 1.165) is 19.3 Å². The van der Waals surface area contributed by atoms with Crippen LogP contribution in [0.15, 0.2) is 0 Å². The normalized spacial score (nSPS) is 23.2. The van der Waals surface area contributed by atoms with Crippen molar-refractivity contribution in [3.05, 3.63) is 0 Å². The summed E-state index contributed by atoms with van der Waals surface area (Å²) in [6.07, 6.45) is 2.97. The fourth-order valence-corrected chi connectivity index (χ4v) is 2.34. The lowest BCUT2D eigenvalue weighted by Gasteiger charge is -2.26. The molecule has 1 saturated heterocycles. The molecular weight excluding hydrogens is 236 g/mol. The number of likely N-dealkylation sites (tertiary alicyclic amines) is 1. The van der Waals surface area contributed by atoms with Crippen LogP contribution < -0.4 is 0 Å². The molecule has 0 radical (unpaired) electrons. The topological polar surface area (TPSA) is 81.1 Å². The van der Waals surface area contributed by atoms with Gasteiger partial charge in [-0.05, 0) is 25.2 Å². The van der Waals surface area contributed by atoms with E-state index in [1.807, 2.05) is 0 Å². The molecule has 0 aromatic rings. The van der Waals surface area contributed by atoms with E-state index in [0.29, 0.717) is 25.6 Å². The number of hydrogen-bond acceptors (Lipinski definition) is 3. The molecule has 2 aliphatic rings. The molecule has 1 heterocycles. The van der Waals surface area contributed by atoms with E-state index in [2.05, 4.69) is 0 Å². The number of aliphatic hydroxyl groups excluding tert-OH is 1. The molecule has 6 nitrogen and oxygen atoms in total. The number of nitrogens with zero attached hydrogens (tertiary/aromatic N) is 2. The molecule has 1 aliphatic carbocycles. The van der Waals surface area contributed by atoms with Gasteiger partial charge in [-0.2, -0.15) is 0 Å². The summed E-state index contributed by atoms with van der Waals surface area (Å²) in [5, 5.41) is 17.9. The van der Waals surface area contributed by atoms with Gasteiger partial charge in [0.05, 0.1) is 0 Å². The van der Waals surface area contributed by atoms with Crippen molar-refractivity contribution in [2.45, 2.75) is 19.3 Å². The first kappa shape index (κ1) is 13.1. The van der Waals surface area contributed by atoms with Crippen LogP contribution in [-0.2, 0) is 4.79 Å². The number of carbonyl (C=O) groups is 2. The van der Waals surface area contributed by atoms with Crippen LogP contribution in [0.3, 0.4) is 0 Å². The number of rotatable bonds is 5. The van der Waals surface area contributed by atoms with Crippen molar-refractivity contribution in [1.82, 2.24) is 9.80 Å². The second kappa shape index (κ2) is 5.56. The number of carboxylic acid groups (broad SMARTS) is 1. The molecule has 102 valence electrons. The number of carbonyl (C=O) groups excluding carboxylic acids is 1. The van der Waals surface area contributed by atoms with Crippen molar-refractivity contribution >= 4 is 12.0 Å². The zero-order valence-electron chi connectivity index (χ0n) is 10.4. The lowest BCUT2D eigenvalue weighted by atomic mass is 10.1. The molecule has 1 atom stereocenters. The predicted molar refractivity (Wildman–Crippen MR) is 64.1 cm³/mol. The van der Waals surface area contributed by atoms with Crippen LogP contribution in [0.5, 0.6) is 0 Å². The SMILES string of the molecule is O=C(O)CN(CC1CC1)C(=O)N1CCC(CO)C1. The highest BCUT2D eigenvalue weighted by Gasteiger charge is 2.33. The van der Waals surface area contributed by atoms with E-state index in [1.165, 1.54) is 4.90 Å². The Bertz CT molecular complexity index is 330. The third kappa shape index (κ3) is 3.35. The Morgan fingerprint density at radius 1 is 1.22 bits per heavy atom. The van der Waals surface area contributed by atoms with Gasteiger partial charge in [-0.1, -0.05) is 0 Å². The number of aliphatic hydroxyl groups is 1. The largest absolute Gasteiger partial charge is 0.480 e. The Kier molecular flexibility index (Phi) is 4.06. The van der Waals surface area contributed by atoms with Crippen molar-refractivity contribution < 1.29 is 19.8 Å². The van der Waals surface area contributed by atoms with Gasteiger partial charge in [-0.25, -0.2) is 4.79 Å². The van der Waals surface area contributed by atoms with Gasteiger partial charge in [0.25, 0.3) is 0 Å². The van der Waals surface area contributed by atoms with Crippen LogP contribution in [0, 0.1) is 11.8 Å². The molecule has 1 unspecified atom stereocenters. The summed E-state index contributed by atoms with van der Waals surface area (Å²) in [7, 11) is 0. The molecule has 2 rings (SSSR count). The standard InChI is InChI=1S/C12H20N2O4/c15-8-10-3-4-13(6-10)12(18)14(7-11(16)17)5-9-1-2-9/h9-10,15H,1-8H2,(H,16,17). The van der Waals surface area contributed by atoms with Crippen molar-refractivity contribution in [2.75, 3.05) is 32.8 Å². The average Bonchev–Trinajstić information content (AvgIpc) is 3.01. The average molecular weight is 256 g/mol. The van der Waals surface area contributed by atoms with Gasteiger partial charge in [-0.15, -0.1) is 0 Å². The maximum Gasteiger partial charge on any atom is 0.323 e. The first-order chi connectivity index (χ1) is 8.60. The maximum absolute atomic E-state index is 12.2. The van der Waals surface area contributed by atoms with Gasteiger partial charge in [0, 0.05) is 32.2 Å². The fourth-order valence-electron chi connectivity index (χ4n) is 2.34. The molecule has 0 bridgehead atoms. The van der Waals surface area contributed by atoms with Gasteiger partial charge in [0.2, 0.25) is 0 Å². The molecule has 2 fully saturated rings. The molecular formula is C12H20N2O4. The van der Waals surface area contributed by atoms with Gasteiger partial charge in [-0.3, -0.25) is 4.79 Å². The molecule has 6 heteroatoms. The van der Waals surface area contributed by atoms with E-state index in [4.69, 9.17) is 10.2 Å². The first-order valence-corrected chi connectivity index (χ1v) is 6.46. The molecule has 18 heavy (non-hydrogen) atoms. The van der Waals surface area contributed by atoms with E-state index in [-0.39, 0.29) is 25.1 Å². The summed E-state index contributed by atoms with van der Waals surface area (Å²) < 4.78 is 0. The summed E-state index contributed by atoms with van der Waals surface area (Å²) in [4.78, 5) is 26.1. The van der Waals surface area contributed by atoms with Crippen LogP contribution in [0.1, 0.15) is 19.3 Å². The highest BCUT2D eigenvalue weighted by Crippen LogP contribution is 2.30. The second-order valence-electron chi connectivity index (χ2n) is 5.28. The number of urea groups is 1. The molecule has 2 amide bonds. The number of carboxylic acids is 1. The molecule has 1 aliphatic heterocycles.